The minimum absolute atomic E-state index is 0.00663. The molecule has 1 aromatic carbocycles. The van der Waals surface area contributed by atoms with E-state index < -0.39 is 9.84 Å². The van der Waals surface area contributed by atoms with Gasteiger partial charge < -0.3 is 10.5 Å². The monoisotopic (exact) mass is 252 g/mol. The number of benzene rings is 1. The predicted octanol–water partition coefficient (Wildman–Crippen LogP) is 0.958. The van der Waals surface area contributed by atoms with Crippen molar-refractivity contribution in [2.75, 3.05) is 6.61 Å². The Morgan fingerprint density at radius 2 is 2.18 bits per heavy atom. The Bertz CT molecular complexity index is 603. The summed E-state index contributed by atoms with van der Waals surface area (Å²) in [7, 11) is -3.48. The zero-order chi connectivity index (χ0) is 12.5. The first-order valence-corrected chi connectivity index (χ1v) is 6.51. The van der Waals surface area contributed by atoms with Gasteiger partial charge in [0.2, 0.25) is 9.84 Å². The normalized spacial score (nSPS) is 17.5. The third-order valence-corrected chi connectivity index (χ3v) is 3.63. The van der Waals surface area contributed by atoms with Crippen molar-refractivity contribution >= 4 is 14.9 Å². The maximum atomic E-state index is 11.5. The van der Waals surface area contributed by atoms with Crippen LogP contribution in [0.3, 0.4) is 0 Å². The van der Waals surface area contributed by atoms with Crippen LogP contribution in [0.15, 0.2) is 40.5 Å². The van der Waals surface area contributed by atoms with Crippen LogP contribution in [0.4, 0.5) is 0 Å². The van der Waals surface area contributed by atoms with E-state index in [2.05, 4.69) is 4.99 Å². The molecule has 0 spiro atoms. The van der Waals surface area contributed by atoms with Crippen molar-refractivity contribution < 1.29 is 13.2 Å². The second kappa shape index (κ2) is 4.21. The molecule has 2 rings (SSSR count). The van der Waals surface area contributed by atoms with Gasteiger partial charge in [0.25, 0.3) is 0 Å². The zero-order valence-electron chi connectivity index (χ0n) is 9.25. The summed E-state index contributed by atoms with van der Waals surface area (Å²) >= 11 is 0. The molecular formula is C11H12N2O3S. The van der Waals surface area contributed by atoms with Crippen LogP contribution in [0.25, 0.3) is 0 Å². The first-order chi connectivity index (χ1) is 7.97. The van der Waals surface area contributed by atoms with Gasteiger partial charge >= 0.3 is 0 Å². The minimum Gasteiger partial charge on any atom is -0.487 e. The molecule has 90 valence electrons. The van der Waals surface area contributed by atoms with Gasteiger partial charge in [0.15, 0.2) is 5.04 Å². The van der Waals surface area contributed by atoms with Crippen molar-refractivity contribution in [3.63, 3.8) is 0 Å². The largest absolute Gasteiger partial charge is 0.487 e. The average molecular weight is 252 g/mol. The predicted molar refractivity (Wildman–Crippen MR) is 65.3 cm³/mol. The summed E-state index contributed by atoms with van der Waals surface area (Å²) in [5.41, 5.74) is 6.37. The lowest BCUT2D eigenvalue weighted by atomic mass is 10.2. The summed E-state index contributed by atoms with van der Waals surface area (Å²) < 4.78 is 28.3. The molecule has 0 aliphatic carbocycles. The molecule has 0 amide bonds. The topological polar surface area (TPSA) is 81.8 Å². The lowest BCUT2D eigenvalue weighted by Gasteiger charge is -2.06. The maximum absolute atomic E-state index is 11.5. The highest BCUT2D eigenvalue weighted by atomic mass is 32.2. The highest BCUT2D eigenvalue weighted by Gasteiger charge is 2.24. The third kappa shape index (κ3) is 2.65. The van der Waals surface area contributed by atoms with E-state index in [4.69, 9.17) is 10.5 Å². The Kier molecular flexibility index (Phi) is 2.89. The van der Waals surface area contributed by atoms with Gasteiger partial charge in [-0.1, -0.05) is 12.1 Å². The molecule has 0 saturated carbocycles. The quantitative estimate of drug-likeness (QED) is 0.868. The zero-order valence-corrected chi connectivity index (χ0v) is 10.1. The van der Waals surface area contributed by atoms with Gasteiger partial charge in [-0.15, -0.1) is 0 Å². The smallest absolute Gasteiger partial charge is 0.220 e. The number of nitrogens with two attached hydrogens (primary N) is 1. The molecule has 1 aromatic rings. The Labute approximate surface area is 99.5 Å². The molecule has 0 radical (unpaired) electrons. The van der Waals surface area contributed by atoms with Crippen LogP contribution in [-0.4, -0.2) is 20.1 Å². The minimum atomic E-state index is -3.48. The number of aryl methyl sites for hydroxylation is 1. The van der Waals surface area contributed by atoms with Crippen LogP contribution in [0.5, 0.6) is 5.75 Å². The average Bonchev–Trinajstić information content (AvgIpc) is 2.48. The van der Waals surface area contributed by atoms with Crippen LogP contribution in [0, 0.1) is 6.92 Å². The summed E-state index contributed by atoms with van der Waals surface area (Å²) in [6.07, 6.45) is 0. The van der Waals surface area contributed by atoms with Crippen molar-refractivity contribution in [1.82, 2.24) is 0 Å². The van der Waals surface area contributed by atoms with Gasteiger partial charge in [-0.25, -0.2) is 13.4 Å². The van der Waals surface area contributed by atoms with Crippen molar-refractivity contribution in [3.8, 4) is 5.75 Å². The molecule has 2 N–H and O–H groups in total. The third-order valence-electron chi connectivity index (χ3n) is 2.21. The number of hydrogen-bond donors (Lipinski definition) is 1. The molecule has 1 aliphatic heterocycles. The second-order valence-electron chi connectivity index (χ2n) is 3.70. The van der Waals surface area contributed by atoms with Crippen LogP contribution in [-0.2, 0) is 9.84 Å². The van der Waals surface area contributed by atoms with Crippen molar-refractivity contribution in [1.29, 1.82) is 0 Å². The molecule has 1 heterocycles. The fourth-order valence-corrected chi connectivity index (χ4v) is 2.39. The van der Waals surface area contributed by atoms with Crippen LogP contribution < -0.4 is 10.5 Å². The summed E-state index contributed by atoms with van der Waals surface area (Å²) in [6.45, 7) is 1.82. The Morgan fingerprint density at radius 3 is 2.76 bits per heavy atom. The molecule has 0 atom stereocenters. The Balaban J connectivity index is 2.08. The van der Waals surface area contributed by atoms with E-state index in [1.165, 1.54) is 0 Å². The van der Waals surface area contributed by atoms with Gasteiger partial charge in [0.05, 0.1) is 5.41 Å². The first-order valence-electron chi connectivity index (χ1n) is 4.97. The molecule has 0 unspecified atom stereocenters. The standard InChI is InChI=1S/C11H12N2O3S/c1-8-3-2-4-9(5-8)16-6-11-13-10(12)7-17(11,14)15/h2-5,7H,6,12H2,1H3. The number of aliphatic imine (C=N–C) groups is 1. The van der Waals surface area contributed by atoms with E-state index in [-0.39, 0.29) is 17.5 Å². The highest BCUT2D eigenvalue weighted by molar-refractivity contribution is 8.09. The van der Waals surface area contributed by atoms with E-state index in [1.807, 2.05) is 25.1 Å². The van der Waals surface area contributed by atoms with Crippen molar-refractivity contribution in [2.24, 2.45) is 10.7 Å². The maximum Gasteiger partial charge on any atom is 0.220 e. The number of sulfone groups is 1. The van der Waals surface area contributed by atoms with E-state index in [1.54, 1.807) is 6.07 Å². The molecule has 6 heteroatoms. The number of ether oxygens (including phenoxy) is 1. The van der Waals surface area contributed by atoms with E-state index in [9.17, 15) is 8.42 Å². The molecular weight excluding hydrogens is 240 g/mol. The number of rotatable bonds is 3. The molecule has 0 aromatic heterocycles. The molecule has 0 saturated heterocycles. The highest BCUT2D eigenvalue weighted by Crippen LogP contribution is 2.15. The van der Waals surface area contributed by atoms with E-state index in [0.717, 1.165) is 11.0 Å². The van der Waals surface area contributed by atoms with E-state index >= 15 is 0 Å². The fraction of sp³-hybridized carbons (Fsp3) is 0.182. The van der Waals surface area contributed by atoms with Gasteiger partial charge in [-0.2, -0.15) is 0 Å². The Hall–Kier alpha value is -1.82. The van der Waals surface area contributed by atoms with Crippen molar-refractivity contribution in [3.05, 3.63) is 41.1 Å². The first kappa shape index (κ1) is 11.7. The van der Waals surface area contributed by atoms with Gasteiger partial charge in [0.1, 0.15) is 18.2 Å². The molecule has 1 aliphatic rings. The van der Waals surface area contributed by atoms with Crippen LogP contribution in [0.2, 0.25) is 0 Å². The molecule has 5 nitrogen and oxygen atoms in total. The lowest BCUT2D eigenvalue weighted by Crippen LogP contribution is -2.17. The fourth-order valence-electron chi connectivity index (χ4n) is 1.43. The van der Waals surface area contributed by atoms with E-state index in [0.29, 0.717) is 5.75 Å². The van der Waals surface area contributed by atoms with Gasteiger partial charge in [-0.3, -0.25) is 0 Å². The number of hydrogen-bond acceptors (Lipinski definition) is 5. The SMILES string of the molecule is Cc1cccc(OCC2=NC(N)=CS2(=O)=O)c1. The second-order valence-corrected chi connectivity index (χ2v) is 5.50. The molecule has 0 fully saturated rings. The Morgan fingerprint density at radius 1 is 1.41 bits per heavy atom. The lowest BCUT2D eigenvalue weighted by molar-refractivity contribution is 0.378. The van der Waals surface area contributed by atoms with Crippen molar-refractivity contribution in [2.45, 2.75) is 6.92 Å². The van der Waals surface area contributed by atoms with Crippen LogP contribution >= 0.6 is 0 Å². The number of nitrogens with zero attached hydrogens (tertiary/aromatic N) is 1. The summed E-state index contributed by atoms with van der Waals surface area (Å²) in [6, 6.07) is 7.34. The molecule has 17 heavy (non-hydrogen) atoms. The summed E-state index contributed by atoms with van der Waals surface area (Å²) in [5.74, 6) is 0.598. The molecule has 0 bridgehead atoms. The summed E-state index contributed by atoms with van der Waals surface area (Å²) in [5, 5.41) is 0.874. The summed E-state index contributed by atoms with van der Waals surface area (Å²) in [4.78, 5) is 3.72. The van der Waals surface area contributed by atoms with Gasteiger partial charge in [0, 0.05) is 0 Å². The van der Waals surface area contributed by atoms with Crippen LogP contribution in [0.1, 0.15) is 5.56 Å². The van der Waals surface area contributed by atoms with Gasteiger partial charge in [-0.05, 0) is 24.6 Å².